The van der Waals surface area contributed by atoms with Crippen molar-refractivity contribution in [3.8, 4) is 0 Å². The van der Waals surface area contributed by atoms with Crippen molar-refractivity contribution < 1.29 is 4.52 Å². The highest BCUT2D eigenvalue weighted by Crippen LogP contribution is 2.22. The first-order valence-electron chi connectivity index (χ1n) is 9.83. The number of aryl methyl sites for hydroxylation is 2. The minimum Gasteiger partial charge on any atom is -0.361 e. The number of aromatic nitrogens is 1. The maximum Gasteiger partial charge on any atom is 0.193 e. The zero-order chi connectivity index (χ0) is 20.1. The first-order chi connectivity index (χ1) is 13.5. The van der Waals surface area contributed by atoms with Gasteiger partial charge in [-0.1, -0.05) is 35.8 Å². The Labute approximate surface area is 172 Å². The van der Waals surface area contributed by atoms with E-state index in [1.165, 1.54) is 11.1 Å². The van der Waals surface area contributed by atoms with E-state index < -0.39 is 0 Å². The second-order valence-electron chi connectivity index (χ2n) is 7.46. The first-order valence-corrected chi connectivity index (χ1v) is 10.2. The fourth-order valence-corrected chi connectivity index (χ4v) is 4.10. The van der Waals surface area contributed by atoms with Crippen LogP contribution in [0.1, 0.15) is 35.4 Å². The Morgan fingerprint density at radius 3 is 2.64 bits per heavy atom. The number of piperazine rings is 1. The molecule has 0 radical (unpaired) electrons. The Morgan fingerprint density at radius 1 is 1.29 bits per heavy atom. The van der Waals surface area contributed by atoms with Crippen LogP contribution in [0.25, 0.3) is 0 Å². The van der Waals surface area contributed by atoms with Crippen LogP contribution in [0.3, 0.4) is 0 Å². The van der Waals surface area contributed by atoms with Gasteiger partial charge in [-0.25, -0.2) is 0 Å². The molecule has 3 rings (SSSR count). The Kier molecular flexibility index (Phi) is 6.97. The van der Waals surface area contributed by atoms with Crippen LogP contribution < -0.4 is 5.32 Å². The zero-order valence-corrected chi connectivity index (χ0v) is 18.0. The third-order valence-electron chi connectivity index (χ3n) is 5.33. The number of rotatable bonds is 5. The van der Waals surface area contributed by atoms with Gasteiger partial charge in [-0.3, -0.25) is 9.89 Å². The molecule has 0 bridgehead atoms. The summed E-state index contributed by atoms with van der Waals surface area (Å²) in [7, 11) is 1.85. The molecular weight excluding hydrogens is 374 g/mol. The minimum absolute atomic E-state index is 0.312. The Bertz CT molecular complexity index is 791. The Hall–Kier alpha value is -2.05. The first kappa shape index (κ1) is 20.7. The molecule has 1 unspecified atom stereocenters. The van der Waals surface area contributed by atoms with Crippen molar-refractivity contribution in [2.75, 3.05) is 39.8 Å². The van der Waals surface area contributed by atoms with E-state index in [9.17, 15) is 0 Å². The summed E-state index contributed by atoms with van der Waals surface area (Å²) in [6, 6.07) is 8.11. The van der Waals surface area contributed by atoms with Gasteiger partial charge in [-0.05, 0) is 31.5 Å². The summed E-state index contributed by atoms with van der Waals surface area (Å²) in [4.78, 5) is 9.28. The lowest BCUT2D eigenvalue weighted by atomic mass is 10.00. The van der Waals surface area contributed by atoms with Crippen LogP contribution in [0.4, 0.5) is 0 Å². The topological polar surface area (TPSA) is 56.9 Å². The van der Waals surface area contributed by atoms with Gasteiger partial charge in [0.2, 0.25) is 0 Å². The highest BCUT2D eigenvalue weighted by atomic mass is 35.5. The number of aliphatic imine (C=N–C) groups is 1. The van der Waals surface area contributed by atoms with Crippen LogP contribution in [0, 0.1) is 13.8 Å². The zero-order valence-electron chi connectivity index (χ0n) is 17.2. The molecule has 6 nitrogen and oxygen atoms in total. The normalized spacial score (nSPS) is 17.0. The molecule has 0 spiro atoms. The van der Waals surface area contributed by atoms with Gasteiger partial charge in [-0.2, -0.15) is 0 Å². The van der Waals surface area contributed by atoms with Gasteiger partial charge in [0, 0.05) is 62.8 Å². The summed E-state index contributed by atoms with van der Waals surface area (Å²) >= 11 is 6.10. The van der Waals surface area contributed by atoms with Gasteiger partial charge in [0.15, 0.2) is 5.96 Å². The summed E-state index contributed by atoms with van der Waals surface area (Å²) in [5, 5.41) is 8.39. The fourth-order valence-electron chi connectivity index (χ4n) is 3.88. The smallest absolute Gasteiger partial charge is 0.193 e. The predicted octanol–water partition coefficient (Wildman–Crippen LogP) is 3.44. The highest BCUT2D eigenvalue weighted by molar-refractivity contribution is 6.30. The van der Waals surface area contributed by atoms with Crippen molar-refractivity contribution in [1.29, 1.82) is 0 Å². The molecule has 1 atom stereocenters. The summed E-state index contributed by atoms with van der Waals surface area (Å²) < 4.78 is 5.30. The van der Waals surface area contributed by atoms with Crippen LogP contribution in [-0.4, -0.2) is 60.7 Å². The quantitative estimate of drug-likeness (QED) is 0.612. The van der Waals surface area contributed by atoms with E-state index in [1.54, 1.807) is 0 Å². The second-order valence-corrected chi connectivity index (χ2v) is 7.90. The molecule has 1 aliphatic rings. The number of hydrogen-bond donors (Lipinski definition) is 1. The molecule has 1 aliphatic heterocycles. The van der Waals surface area contributed by atoms with Crippen LogP contribution in [0.5, 0.6) is 0 Å². The molecule has 0 saturated carbocycles. The van der Waals surface area contributed by atoms with Crippen molar-refractivity contribution in [3.05, 3.63) is 51.9 Å². The van der Waals surface area contributed by atoms with Gasteiger partial charge < -0.3 is 14.7 Å². The maximum absolute atomic E-state index is 6.10. The van der Waals surface area contributed by atoms with E-state index in [0.29, 0.717) is 5.92 Å². The summed E-state index contributed by atoms with van der Waals surface area (Å²) in [6.07, 6.45) is 0. The van der Waals surface area contributed by atoms with Gasteiger partial charge in [-0.15, -0.1) is 0 Å². The molecule has 1 N–H and O–H groups in total. The Balaban J connectivity index is 1.50. The molecule has 1 saturated heterocycles. The van der Waals surface area contributed by atoms with Gasteiger partial charge in [0.05, 0.1) is 5.69 Å². The number of nitrogens with zero attached hydrogens (tertiary/aromatic N) is 4. The molecule has 0 aliphatic carbocycles. The molecule has 1 aromatic heterocycles. The summed E-state index contributed by atoms with van der Waals surface area (Å²) in [6.45, 7) is 11.8. The van der Waals surface area contributed by atoms with Gasteiger partial charge in [0.1, 0.15) is 5.76 Å². The van der Waals surface area contributed by atoms with Crippen LogP contribution in [-0.2, 0) is 6.54 Å². The van der Waals surface area contributed by atoms with Crippen LogP contribution in [0.15, 0.2) is 33.8 Å². The van der Waals surface area contributed by atoms with Crippen molar-refractivity contribution in [2.24, 2.45) is 4.99 Å². The highest BCUT2D eigenvalue weighted by Gasteiger charge is 2.21. The van der Waals surface area contributed by atoms with Crippen LogP contribution >= 0.6 is 11.6 Å². The van der Waals surface area contributed by atoms with E-state index in [1.807, 2.05) is 39.1 Å². The molecule has 2 aromatic rings. The average Bonchev–Trinajstić information content (AvgIpc) is 3.02. The van der Waals surface area contributed by atoms with Gasteiger partial charge >= 0.3 is 0 Å². The van der Waals surface area contributed by atoms with Crippen molar-refractivity contribution >= 4 is 17.6 Å². The number of benzene rings is 1. The molecule has 0 amide bonds. The van der Waals surface area contributed by atoms with E-state index in [0.717, 1.165) is 61.7 Å². The summed E-state index contributed by atoms with van der Waals surface area (Å²) in [5.74, 6) is 2.17. The van der Waals surface area contributed by atoms with Crippen molar-refractivity contribution in [3.63, 3.8) is 0 Å². The third kappa shape index (κ3) is 5.06. The number of halogens is 1. The van der Waals surface area contributed by atoms with E-state index in [2.05, 4.69) is 38.3 Å². The fraction of sp³-hybridized carbons (Fsp3) is 0.524. The number of nitrogens with one attached hydrogen (secondary N) is 1. The number of guanidine groups is 1. The van der Waals surface area contributed by atoms with E-state index in [-0.39, 0.29) is 0 Å². The number of hydrogen-bond acceptors (Lipinski definition) is 4. The Morgan fingerprint density at radius 2 is 2.04 bits per heavy atom. The van der Waals surface area contributed by atoms with E-state index in [4.69, 9.17) is 16.1 Å². The molecular formula is C21H30ClN5O. The summed E-state index contributed by atoms with van der Waals surface area (Å²) in [5.41, 5.74) is 3.42. The standard InChI is InChI=1S/C21H30ClN5O/c1-15(20-16(2)25-28-17(20)3)13-24-21(23-4)27-10-8-26(9-11-27)14-18-6-5-7-19(22)12-18/h5-7,12,15H,8-11,13-14H2,1-4H3,(H,23,24). The predicted molar refractivity (Wildman–Crippen MR) is 114 cm³/mol. The molecule has 1 aromatic carbocycles. The lowest BCUT2D eigenvalue weighted by Gasteiger charge is -2.36. The molecule has 2 heterocycles. The van der Waals surface area contributed by atoms with Crippen molar-refractivity contribution in [2.45, 2.75) is 33.2 Å². The van der Waals surface area contributed by atoms with Crippen molar-refractivity contribution in [1.82, 2.24) is 20.3 Å². The van der Waals surface area contributed by atoms with Gasteiger partial charge in [0.25, 0.3) is 0 Å². The van der Waals surface area contributed by atoms with Crippen LogP contribution in [0.2, 0.25) is 5.02 Å². The lowest BCUT2D eigenvalue weighted by molar-refractivity contribution is 0.172. The largest absolute Gasteiger partial charge is 0.361 e. The maximum atomic E-state index is 6.10. The monoisotopic (exact) mass is 403 g/mol. The average molecular weight is 404 g/mol. The molecule has 1 fully saturated rings. The SMILES string of the molecule is CN=C(NCC(C)c1c(C)noc1C)N1CCN(Cc2cccc(Cl)c2)CC1. The lowest BCUT2D eigenvalue weighted by Crippen LogP contribution is -2.52. The van der Waals surface area contributed by atoms with E-state index >= 15 is 0 Å². The third-order valence-corrected chi connectivity index (χ3v) is 5.56. The molecule has 28 heavy (non-hydrogen) atoms. The molecule has 152 valence electrons. The minimum atomic E-state index is 0.312. The second kappa shape index (κ2) is 9.43. The molecule has 7 heteroatoms.